The van der Waals surface area contributed by atoms with Crippen LogP contribution in [0, 0.1) is 18.7 Å². The molecule has 0 spiro atoms. The fraction of sp³-hybridized carbons (Fsp3) is 0.467. The smallest absolute Gasteiger partial charge is 0.241 e. The number of likely N-dealkylation sites (tertiary alicyclic amines) is 1. The van der Waals surface area contributed by atoms with Crippen LogP contribution in [0.3, 0.4) is 0 Å². The van der Waals surface area contributed by atoms with Crippen molar-refractivity contribution >= 4 is 17.5 Å². The summed E-state index contributed by atoms with van der Waals surface area (Å²) in [4.78, 5) is 24.9. The number of hydrogen-bond acceptors (Lipinski definition) is 3. The first-order valence-corrected chi connectivity index (χ1v) is 7.04. The molecule has 0 radical (unpaired) electrons. The molecule has 1 heterocycles. The van der Waals surface area contributed by atoms with Gasteiger partial charge in [0, 0.05) is 24.7 Å². The number of carbonyl (C=O) groups excluding carboxylic acids is 2. The highest BCUT2D eigenvalue weighted by Gasteiger charge is 2.25. The van der Waals surface area contributed by atoms with E-state index in [4.69, 9.17) is 5.73 Å². The number of amides is 2. The number of halogens is 1. The number of nitrogens with zero attached hydrogens (tertiary/aromatic N) is 1. The van der Waals surface area contributed by atoms with Gasteiger partial charge in [-0.25, -0.2) is 4.39 Å². The predicted octanol–water partition coefficient (Wildman–Crippen LogP) is 1.27. The Morgan fingerprint density at radius 2 is 2.05 bits per heavy atom. The van der Waals surface area contributed by atoms with Gasteiger partial charge in [-0.1, -0.05) is 0 Å². The zero-order valence-corrected chi connectivity index (χ0v) is 12.1. The molecule has 3 N–H and O–H groups in total. The number of aryl methyl sites for hydroxylation is 1. The maximum Gasteiger partial charge on any atom is 0.241 e. The number of carbonyl (C=O) groups is 2. The molecule has 0 unspecified atom stereocenters. The highest BCUT2D eigenvalue weighted by molar-refractivity contribution is 5.82. The molecule has 1 saturated heterocycles. The normalized spacial score (nSPS) is 15.8. The minimum Gasteiger partial charge on any atom is -0.376 e. The van der Waals surface area contributed by atoms with Gasteiger partial charge in [0.25, 0.3) is 0 Å². The van der Waals surface area contributed by atoms with Crippen LogP contribution in [-0.4, -0.2) is 36.3 Å². The van der Waals surface area contributed by atoms with Crippen molar-refractivity contribution in [3.05, 3.63) is 29.6 Å². The van der Waals surface area contributed by atoms with Crippen molar-refractivity contribution in [2.24, 2.45) is 11.7 Å². The van der Waals surface area contributed by atoms with Crippen molar-refractivity contribution in [2.75, 3.05) is 25.0 Å². The summed E-state index contributed by atoms with van der Waals surface area (Å²) in [6.07, 6.45) is 1.24. The molecule has 1 aromatic carbocycles. The Hall–Kier alpha value is -2.11. The van der Waals surface area contributed by atoms with Gasteiger partial charge in [-0.3, -0.25) is 9.59 Å². The third-order valence-electron chi connectivity index (χ3n) is 3.87. The molecule has 1 aromatic rings. The number of rotatable bonds is 4. The van der Waals surface area contributed by atoms with Crippen LogP contribution < -0.4 is 11.1 Å². The Morgan fingerprint density at radius 3 is 2.62 bits per heavy atom. The summed E-state index contributed by atoms with van der Waals surface area (Å²) in [6.45, 7) is 3.05. The van der Waals surface area contributed by atoms with Gasteiger partial charge >= 0.3 is 0 Å². The van der Waals surface area contributed by atoms with Gasteiger partial charge in [-0.2, -0.15) is 0 Å². The van der Waals surface area contributed by atoms with E-state index in [0.717, 1.165) is 11.3 Å². The molecule has 114 valence electrons. The Morgan fingerprint density at radius 1 is 1.38 bits per heavy atom. The van der Waals surface area contributed by atoms with Gasteiger partial charge in [-0.15, -0.1) is 0 Å². The lowest BCUT2D eigenvalue weighted by Crippen LogP contribution is -2.43. The number of anilines is 1. The van der Waals surface area contributed by atoms with Gasteiger partial charge in [0.05, 0.1) is 6.54 Å². The van der Waals surface area contributed by atoms with Crippen LogP contribution in [0.5, 0.6) is 0 Å². The van der Waals surface area contributed by atoms with E-state index in [0.29, 0.717) is 25.9 Å². The highest BCUT2D eigenvalue weighted by Crippen LogP contribution is 2.18. The van der Waals surface area contributed by atoms with Crippen LogP contribution in [0.15, 0.2) is 18.2 Å². The minimum absolute atomic E-state index is 0.0263. The van der Waals surface area contributed by atoms with Crippen LogP contribution in [0.2, 0.25) is 0 Å². The van der Waals surface area contributed by atoms with Crippen LogP contribution in [0.4, 0.5) is 10.1 Å². The fourth-order valence-corrected chi connectivity index (χ4v) is 2.52. The summed E-state index contributed by atoms with van der Waals surface area (Å²) in [7, 11) is 0. The molecule has 0 aromatic heterocycles. The molecule has 6 heteroatoms. The molecular formula is C15H20FN3O2. The molecule has 5 nitrogen and oxygen atoms in total. The molecule has 1 aliphatic heterocycles. The summed E-state index contributed by atoms with van der Waals surface area (Å²) >= 11 is 0. The standard InChI is InChI=1S/C15H20FN3O2/c1-10-8-12(16)2-3-13(10)18-9-14(20)19-6-4-11(5-7-19)15(17)21/h2-3,8,11,18H,4-7,9H2,1H3,(H2,17,21). The second-order valence-corrected chi connectivity index (χ2v) is 5.37. The van der Waals surface area contributed by atoms with E-state index >= 15 is 0 Å². The first-order valence-electron chi connectivity index (χ1n) is 7.04. The van der Waals surface area contributed by atoms with Crippen molar-refractivity contribution in [1.29, 1.82) is 0 Å². The van der Waals surface area contributed by atoms with E-state index in [2.05, 4.69) is 5.32 Å². The molecule has 0 aliphatic carbocycles. The molecule has 1 fully saturated rings. The average Bonchev–Trinajstić information content (AvgIpc) is 2.46. The number of nitrogens with two attached hydrogens (primary N) is 1. The van der Waals surface area contributed by atoms with Gasteiger partial charge in [-0.05, 0) is 43.5 Å². The summed E-state index contributed by atoms with van der Waals surface area (Å²) in [6, 6.07) is 4.40. The van der Waals surface area contributed by atoms with E-state index in [1.54, 1.807) is 17.9 Å². The lowest BCUT2D eigenvalue weighted by atomic mass is 9.96. The predicted molar refractivity (Wildman–Crippen MR) is 78.1 cm³/mol. The molecule has 21 heavy (non-hydrogen) atoms. The first-order chi connectivity index (χ1) is 9.97. The van der Waals surface area contributed by atoms with E-state index in [1.165, 1.54) is 12.1 Å². The van der Waals surface area contributed by atoms with Crippen LogP contribution in [0.25, 0.3) is 0 Å². The lowest BCUT2D eigenvalue weighted by Gasteiger charge is -2.30. The lowest BCUT2D eigenvalue weighted by molar-refractivity contribution is -0.133. The first kappa shape index (κ1) is 15.3. The topological polar surface area (TPSA) is 75.4 Å². The van der Waals surface area contributed by atoms with Crippen molar-refractivity contribution in [2.45, 2.75) is 19.8 Å². The quantitative estimate of drug-likeness (QED) is 0.878. The van der Waals surface area contributed by atoms with Gasteiger partial charge < -0.3 is 16.0 Å². The van der Waals surface area contributed by atoms with Crippen molar-refractivity contribution < 1.29 is 14.0 Å². The third kappa shape index (κ3) is 3.93. The van der Waals surface area contributed by atoms with Crippen molar-refractivity contribution in [3.63, 3.8) is 0 Å². The Bertz CT molecular complexity index is 540. The Kier molecular flexibility index (Phi) is 4.77. The van der Waals surface area contributed by atoms with E-state index in [9.17, 15) is 14.0 Å². The van der Waals surface area contributed by atoms with Crippen LogP contribution in [0.1, 0.15) is 18.4 Å². The number of primary amides is 1. The molecule has 2 amide bonds. The molecule has 0 saturated carbocycles. The fourth-order valence-electron chi connectivity index (χ4n) is 2.52. The molecule has 0 bridgehead atoms. The summed E-state index contributed by atoms with van der Waals surface area (Å²) in [5.41, 5.74) is 6.77. The number of hydrogen-bond donors (Lipinski definition) is 2. The van der Waals surface area contributed by atoms with E-state index in [1.807, 2.05) is 0 Å². The Labute approximate surface area is 123 Å². The van der Waals surface area contributed by atoms with Gasteiger partial charge in [0.1, 0.15) is 5.82 Å². The third-order valence-corrected chi connectivity index (χ3v) is 3.87. The molecule has 2 rings (SSSR count). The molecule has 1 aliphatic rings. The summed E-state index contributed by atoms with van der Waals surface area (Å²) in [5.74, 6) is -0.733. The average molecular weight is 293 g/mol. The van der Waals surface area contributed by atoms with Crippen molar-refractivity contribution in [3.8, 4) is 0 Å². The second-order valence-electron chi connectivity index (χ2n) is 5.37. The minimum atomic E-state index is -0.294. The SMILES string of the molecule is Cc1cc(F)ccc1NCC(=O)N1CCC(C(N)=O)CC1. The summed E-state index contributed by atoms with van der Waals surface area (Å²) in [5, 5.41) is 3.02. The maximum absolute atomic E-state index is 13.0. The highest BCUT2D eigenvalue weighted by atomic mass is 19.1. The van der Waals surface area contributed by atoms with Crippen LogP contribution >= 0.6 is 0 Å². The monoisotopic (exact) mass is 293 g/mol. The Balaban J connectivity index is 1.84. The second kappa shape index (κ2) is 6.56. The number of benzene rings is 1. The van der Waals surface area contributed by atoms with Gasteiger partial charge in [0.2, 0.25) is 11.8 Å². The van der Waals surface area contributed by atoms with E-state index < -0.39 is 0 Å². The molecule has 0 atom stereocenters. The van der Waals surface area contributed by atoms with E-state index in [-0.39, 0.29) is 30.1 Å². The van der Waals surface area contributed by atoms with Gasteiger partial charge in [0.15, 0.2) is 0 Å². The summed E-state index contributed by atoms with van der Waals surface area (Å²) < 4.78 is 13.0. The number of piperidine rings is 1. The maximum atomic E-state index is 13.0. The van der Waals surface area contributed by atoms with Crippen LogP contribution in [-0.2, 0) is 9.59 Å². The zero-order chi connectivity index (χ0) is 15.4. The zero-order valence-electron chi connectivity index (χ0n) is 12.1. The molecular weight excluding hydrogens is 273 g/mol. The largest absolute Gasteiger partial charge is 0.376 e. The number of nitrogens with one attached hydrogen (secondary N) is 1. The van der Waals surface area contributed by atoms with Crippen molar-refractivity contribution in [1.82, 2.24) is 4.90 Å².